The number of rotatable bonds is 5. The summed E-state index contributed by atoms with van der Waals surface area (Å²) in [6.07, 6.45) is 1.09. The van der Waals surface area contributed by atoms with Crippen molar-refractivity contribution in [3.05, 3.63) is 6.07 Å². The fourth-order valence-corrected chi connectivity index (χ4v) is 1.48. The molecule has 9 heteroatoms. The van der Waals surface area contributed by atoms with Crippen molar-refractivity contribution in [3.8, 4) is 0 Å². The summed E-state index contributed by atoms with van der Waals surface area (Å²) < 4.78 is 23.8. The third-order valence-corrected chi connectivity index (χ3v) is 2.29. The van der Waals surface area contributed by atoms with E-state index in [0.717, 1.165) is 6.26 Å². The van der Waals surface area contributed by atoms with Crippen molar-refractivity contribution in [1.29, 1.82) is 0 Å². The second-order valence-electron chi connectivity index (χ2n) is 3.13. The molecule has 1 aromatic rings. The lowest BCUT2D eigenvalue weighted by atomic mass is 10.5. The van der Waals surface area contributed by atoms with Gasteiger partial charge >= 0.3 is 0 Å². The van der Waals surface area contributed by atoms with Crippen molar-refractivity contribution in [2.24, 2.45) is 0 Å². The molecule has 6 N–H and O–H groups in total. The van der Waals surface area contributed by atoms with Gasteiger partial charge in [0.2, 0.25) is 16.0 Å². The molecular formula is C7H14N6O2S. The van der Waals surface area contributed by atoms with E-state index in [4.69, 9.17) is 11.5 Å². The van der Waals surface area contributed by atoms with E-state index in [2.05, 4.69) is 20.0 Å². The number of anilines is 3. The molecule has 0 saturated heterocycles. The summed E-state index contributed by atoms with van der Waals surface area (Å²) in [7, 11) is -3.17. The maximum atomic E-state index is 10.7. The SMILES string of the molecule is CS(=O)(=O)NCCNc1cc(N)nc(N)n1. The third kappa shape index (κ3) is 4.75. The van der Waals surface area contributed by atoms with Crippen LogP contribution in [0.4, 0.5) is 17.6 Å². The molecular weight excluding hydrogens is 232 g/mol. The number of hydrogen-bond donors (Lipinski definition) is 4. The Morgan fingerprint density at radius 2 is 2.00 bits per heavy atom. The van der Waals surface area contributed by atoms with E-state index in [-0.39, 0.29) is 18.3 Å². The van der Waals surface area contributed by atoms with Gasteiger partial charge in [-0.1, -0.05) is 0 Å². The Bertz CT molecular complexity index is 440. The molecule has 0 unspecified atom stereocenters. The zero-order valence-corrected chi connectivity index (χ0v) is 9.58. The maximum Gasteiger partial charge on any atom is 0.223 e. The Kier molecular flexibility index (Phi) is 3.85. The van der Waals surface area contributed by atoms with Gasteiger partial charge in [0.25, 0.3) is 0 Å². The highest BCUT2D eigenvalue weighted by Crippen LogP contribution is 2.08. The molecule has 0 aromatic carbocycles. The van der Waals surface area contributed by atoms with Crippen LogP contribution in [0.25, 0.3) is 0 Å². The summed E-state index contributed by atoms with van der Waals surface area (Å²) in [5.74, 6) is 0.782. The van der Waals surface area contributed by atoms with Crippen LogP contribution >= 0.6 is 0 Å². The number of hydrogen-bond acceptors (Lipinski definition) is 7. The van der Waals surface area contributed by atoms with Gasteiger partial charge in [0.05, 0.1) is 6.26 Å². The largest absolute Gasteiger partial charge is 0.383 e. The number of nitrogen functional groups attached to an aromatic ring is 2. The Morgan fingerprint density at radius 1 is 1.31 bits per heavy atom. The second-order valence-corrected chi connectivity index (χ2v) is 4.96. The fourth-order valence-electron chi connectivity index (χ4n) is 1.00. The molecule has 0 spiro atoms. The van der Waals surface area contributed by atoms with Crippen LogP contribution in [0, 0.1) is 0 Å². The summed E-state index contributed by atoms with van der Waals surface area (Å²) in [6.45, 7) is 0.631. The molecule has 0 aliphatic rings. The first-order chi connectivity index (χ1) is 7.37. The monoisotopic (exact) mass is 246 g/mol. The zero-order valence-electron chi connectivity index (χ0n) is 8.77. The standard InChI is InChI=1S/C7H14N6O2S/c1-16(14,15)11-3-2-10-6-4-5(8)12-7(9)13-6/h4,11H,2-3H2,1H3,(H5,8,9,10,12,13). The molecule has 1 rings (SSSR count). The van der Waals surface area contributed by atoms with Crippen LogP contribution in [0.3, 0.4) is 0 Å². The van der Waals surface area contributed by atoms with Crippen LogP contribution in [0.5, 0.6) is 0 Å². The minimum absolute atomic E-state index is 0.0681. The molecule has 1 aromatic heterocycles. The Hall–Kier alpha value is -1.61. The first-order valence-corrected chi connectivity index (χ1v) is 6.34. The Balaban J connectivity index is 2.43. The van der Waals surface area contributed by atoms with Gasteiger partial charge in [-0.05, 0) is 0 Å². The normalized spacial score (nSPS) is 11.3. The lowest BCUT2D eigenvalue weighted by Gasteiger charge is -2.06. The average molecular weight is 246 g/mol. The molecule has 0 saturated carbocycles. The molecule has 1 heterocycles. The summed E-state index contributed by atoms with van der Waals surface area (Å²) in [5.41, 5.74) is 10.8. The van der Waals surface area contributed by atoms with E-state index in [0.29, 0.717) is 12.4 Å². The summed E-state index contributed by atoms with van der Waals surface area (Å²) in [6, 6.07) is 1.51. The fraction of sp³-hybridized carbons (Fsp3) is 0.429. The van der Waals surface area contributed by atoms with Crippen LogP contribution in [-0.4, -0.2) is 37.7 Å². The van der Waals surface area contributed by atoms with Gasteiger partial charge in [-0.2, -0.15) is 9.97 Å². The van der Waals surface area contributed by atoms with Crippen LogP contribution in [-0.2, 0) is 10.0 Å². The molecule has 0 amide bonds. The number of aromatic nitrogens is 2. The first kappa shape index (κ1) is 12.5. The molecule has 90 valence electrons. The summed E-state index contributed by atoms with van der Waals surface area (Å²) in [4.78, 5) is 7.56. The van der Waals surface area contributed by atoms with Gasteiger partial charge in [-0.3, -0.25) is 0 Å². The van der Waals surface area contributed by atoms with Crippen molar-refractivity contribution in [3.63, 3.8) is 0 Å². The lowest BCUT2D eigenvalue weighted by molar-refractivity contribution is 0.589. The highest BCUT2D eigenvalue weighted by Gasteiger charge is 2.01. The van der Waals surface area contributed by atoms with Crippen molar-refractivity contribution in [2.45, 2.75) is 0 Å². The van der Waals surface area contributed by atoms with Gasteiger partial charge in [0, 0.05) is 19.2 Å². The van der Waals surface area contributed by atoms with E-state index >= 15 is 0 Å². The molecule has 0 aliphatic heterocycles. The number of nitrogens with zero attached hydrogens (tertiary/aromatic N) is 2. The predicted octanol–water partition coefficient (Wildman–Crippen LogP) is -1.40. The molecule has 0 fully saturated rings. The Morgan fingerprint density at radius 3 is 2.56 bits per heavy atom. The molecule has 0 bridgehead atoms. The lowest BCUT2D eigenvalue weighted by Crippen LogP contribution is -2.27. The quantitative estimate of drug-likeness (QED) is 0.469. The second kappa shape index (κ2) is 4.94. The molecule has 0 atom stereocenters. The van der Waals surface area contributed by atoms with Crippen molar-refractivity contribution < 1.29 is 8.42 Å². The van der Waals surface area contributed by atoms with Crippen molar-refractivity contribution in [2.75, 3.05) is 36.1 Å². The average Bonchev–Trinajstić information content (AvgIpc) is 2.09. The summed E-state index contributed by atoms with van der Waals surface area (Å²) >= 11 is 0. The first-order valence-electron chi connectivity index (χ1n) is 4.45. The minimum atomic E-state index is -3.17. The van der Waals surface area contributed by atoms with Crippen LogP contribution in [0.1, 0.15) is 0 Å². The van der Waals surface area contributed by atoms with E-state index in [1.54, 1.807) is 0 Å². The van der Waals surface area contributed by atoms with Crippen LogP contribution in [0.2, 0.25) is 0 Å². The van der Waals surface area contributed by atoms with Gasteiger partial charge < -0.3 is 16.8 Å². The van der Waals surface area contributed by atoms with Crippen LogP contribution in [0.15, 0.2) is 6.07 Å². The number of sulfonamides is 1. The van der Waals surface area contributed by atoms with Gasteiger partial charge in [-0.25, -0.2) is 13.1 Å². The predicted molar refractivity (Wildman–Crippen MR) is 62.2 cm³/mol. The van der Waals surface area contributed by atoms with E-state index in [1.165, 1.54) is 6.07 Å². The molecule has 0 radical (unpaired) electrons. The molecule has 16 heavy (non-hydrogen) atoms. The topological polar surface area (TPSA) is 136 Å². The van der Waals surface area contributed by atoms with E-state index in [9.17, 15) is 8.42 Å². The maximum absolute atomic E-state index is 10.7. The highest BCUT2D eigenvalue weighted by atomic mass is 32.2. The zero-order chi connectivity index (χ0) is 12.2. The summed E-state index contributed by atoms with van der Waals surface area (Å²) in [5, 5.41) is 2.86. The Labute approximate surface area is 93.5 Å². The minimum Gasteiger partial charge on any atom is -0.383 e. The van der Waals surface area contributed by atoms with E-state index in [1.807, 2.05) is 0 Å². The van der Waals surface area contributed by atoms with Crippen molar-refractivity contribution >= 4 is 27.6 Å². The van der Waals surface area contributed by atoms with Crippen molar-refractivity contribution in [1.82, 2.24) is 14.7 Å². The smallest absolute Gasteiger partial charge is 0.223 e. The third-order valence-electron chi connectivity index (χ3n) is 1.56. The number of nitrogens with two attached hydrogens (primary N) is 2. The van der Waals surface area contributed by atoms with Gasteiger partial charge in [0.1, 0.15) is 11.6 Å². The van der Waals surface area contributed by atoms with Gasteiger partial charge in [0.15, 0.2) is 0 Å². The molecule has 0 aliphatic carbocycles. The number of nitrogens with one attached hydrogen (secondary N) is 2. The van der Waals surface area contributed by atoms with Crippen LogP contribution < -0.4 is 21.5 Å². The highest BCUT2D eigenvalue weighted by molar-refractivity contribution is 7.88. The molecule has 8 nitrogen and oxygen atoms in total. The van der Waals surface area contributed by atoms with Gasteiger partial charge in [-0.15, -0.1) is 0 Å². The van der Waals surface area contributed by atoms with E-state index < -0.39 is 10.0 Å².